The van der Waals surface area contributed by atoms with Crippen LogP contribution in [-0.2, 0) is 0 Å². The van der Waals surface area contributed by atoms with Gasteiger partial charge in [-0.2, -0.15) is 0 Å². The van der Waals surface area contributed by atoms with Crippen molar-refractivity contribution in [3.8, 4) is 0 Å². The molecule has 0 aromatic heterocycles. The second-order valence-electron chi connectivity index (χ2n) is 4.19. The fourth-order valence-electron chi connectivity index (χ4n) is 1.74. The lowest BCUT2D eigenvalue weighted by Gasteiger charge is -2.20. The molecule has 0 aromatic rings. The van der Waals surface area contributed by atoms with Crippen molar-refractivity contribution in [1.29, 1.82) is 0 Å². The molecule has 0 aliphatic carbocycles. The Bertz CT molecular complexity index is 133. The van der Waals surface area contributed by atoms with Crippen molar-refractivity contribution < 1.29 is 5.11 Å². The van der Waals surface area contributed by atoms with Gasteiger partial charge >= 0.3 is 0 Å². The molecule has 0 atom stereocenters. The van der Waals surface area contributed by atoms with E-state index in [0.717, 1.165) is 32.7 Å². The Hall–Kier alpha value is -0.160. The first kappa shape index (κ1) is 15.8. The SMILES string of the molecule is CNCCCCCCN(CCO)CCNC. The normalized spacial score (nSPS) is 11.2. The van der Waals surface area contributed by atoms with Crippen LogP contribution in [0.5, 0.6) is 0 Å². The van der Waals surface area contributed by atoms with Gasteiger partial charge in [-0.15, -0.1) is 0 Å². The zero-order chi connectivity index (χ0) is 12.1. The van der Waals surface area contributed by atoms with Gasteiger partial charge in [-0.1, -0.05) is 12.8 Å². The summed E-state index contributed by atoms with van der Waals surface area (Å²) in [6, 6.07) is 0. The summed E-state index contributed by atoms with van der Waals surface area (Å²) in [5.41, 5.74) is 0. The standard InChI is InChI=1S/C12H29N3O/c1-13-7-5-3-4-6-9-15(11-12-16)10-8-14-2/h13-14,16H,3-12H2,1-2H3. The van der Waals surface area contributed by atoms with Crippen molar-refractivity contribution in [2.24, 2.45) is 0 Å². The summed E-state index contributed by atoms with van der Waals surface area (Å²) >= 11 is 0. The Labute approximate surface area is 100 Å². The van der Waals surface area contributed by atoms with Gasteiger partial charge in [0.15, 0.2) is 0 Å². The third-order valence-corrected chi connectivity index (χ3v) is 2.75. The van der Waals surface area contributed by atoms with Crippen molar-refractivity contribution in [2.45, 2.75) is 25.7 Å². The molecule has 0 heterocycles. The van der Waals surface area contributed by atoms with Crippen molar-refractivity contribution in [3.05, 3.63) is 0 Å². The molecule has 0 amide bonds. The number of hydrogen-bond donors (Lipinski definition) is 3. The Morgan fingerprint density at radius 2 is 1.50 bits per heavy atom. The second kappa shape index (κ2) is 12.9. The number of hydrogen-bond acceptors (Lipinski definition) is 4. The Morgan fingerprint density at radius 1 is 0.812 bits per heavy atom. The van der Waals surface area contributed by atoms with E-state index in [1.165, 1.54) is 25.7 Å². The maximum atomic E-state index is 8.94. The largest absolute Gasteiger partial charge is 0.395 e. The highest BCUT2D eigenvalue weighted by atomic mass is 16.3. The van der Waals surface area contributed by atoms with Crippen LogP contribution >= 0.6 is 0 Å². The Kier molecular flexibility index (Phi) is 12.8. The molecule has 98 valence electrons. The molecule has 0 saturated heterocycles. The maximum absolute atomic E-state index is 8.94. The molecule has 0 aliphatic rings. The summed E-state index contributed by atoms with van der Waals surface area (Å²) in [5.74, 6) is 0. The Balaban J connectivity index is 3.36. The van der Waals surface area contributed by atoms with E-state index < -0.39 is 0 Å². The molecule has 0 unspecified atom stereocenters. The van der Waals surface area contributed by atoms with Gasteiger partial charge < -0.3 is 15.7 Å². The van der Waals surface area contributed by atoms with Crippen molar-refractivity contribution in [3.63, 3.8) is 0 Å². The minimum atomic E-state index is 0.267. The molecule has 16 heavy (non-hydrogen) atoms. The molecule has 4 nitrogen and oxygen atoms in total. The quantitative estimate of drug-likeness (QED) is 0.422. The van der Waals surface area contributed by atoms with Crippen LogP contribution < -0.4 is 10.6 Å². The summed E-state index contributed by atoms with van der Waals surface area (Å²) in [6.45, 7) is 5.34. The molecule has 4 heteroatoms. The molecule has 0 aromatic carbocycles. The summed E-state index contributed by atoms with van der Waals surface area (Å²) in [7, 11) is 3.97. The van der Waals surface area contributed by atoms with E-state index in [9.17, 15) is 0 Å². The molecule has 0 bridgehead atoms. The summed E-state index contributed by atoms with van der Waals surface area (Å²) in [4.78, 5) is 2.33. The predicted molar refractivity (Wildman–Crippen MR) is 69.8 cm³/mol. The lowest BCUT2D eigenvalue weighted by Crippen LogP contribution is -2.33. The van der Waals surface area contributed by atoms with Crippen molar-refractivity contribution in [2.75, 3.05) is 53.4 Å². The van der Waals surface area contributed by atoms with Crippen molar-refractivity contribution in [1.82, 2.24) is 15.5 Å². The van der Waals surface area contributed by atoms with Gasteiger partial charge in [-0.05, 0) is 40.0 Å². The van der Waals surface area contributed by atoms with Gasteiger partial charge in [0.1, 0.15) is 0 Å². The van der Waals surface area contributed by atoms with Gasteiger partial charge in [0, 0.05) is 19.6 Å². The first-order valence-corrected chi connectivity index (χ1v) is 6.47. The van der Waals surface area contributed by atoms with Crippen LogP contribution in [-0.4, -0.2) is 63.4 Å². The first-order valence-electron chi connectivity index (χ1n) is 6.47. The molecule has 0 aliphatic heterocycles. The number of likely N-dealkylation sites (N-methyl/N-ethyl adjacent to an activating group) is 1. The highest BCUT2D eigenvalue weighted by Gasteiger charge is 2.02. The van der Waals surface area contributed by atoms with Gasteiger partial charge in [0.25, 0.3) is 0 Å². The van der Waals surface area contributed by atoms with E-state index in [4.69, 9.17) is 5.11 Å². The average molecular weight is 231 g/mol. The fourth-order valence-corrected chi connectivity index (χ4v) is 1.74. The van der Waals surface area contributed by atoms with E-state index >= 15 is 0 Å². The average Bonchev–Trinajstić information content (AvgIpc) is 2.30. The summed E-state index contributed by atoms with van der Waals surface area (Å²) < 4.78 is 0. The molecule has 0 rings (SSSR count). The fraction of sp³-hybridized carbons (Fsp3) is 1.00. The lowest BCUT2D eigenvalue weighted by atomic mass is 10.2. The second-order valence-corrected chi connectivity index (χ2v) is 4.19. The maximum Gasteiger partial charge on any atom is 0.0558 e. The van der Waals surface area contributed by atoms with Gasteiger partial charge in [0.05, 0.1) is 6.61 Å². The van der Waals surface area contributed by atoms with E-state index in [-0.39, 0.29) is 6.61 Å². The molecule has 0 spiro atoms. The molecular formula is C12H29N3O. The number of nitrogens with one attached hydrogen (secondary N) is 2. The molecule has 0 radical (unpaired) electrons. The van der Waals surface area contributed by atoms with Crippen molar-refractivity contribution >= 4 is 0 Å². The van der Waals surface area contributed by atoms with E-state index in [1.54, 1.807) is 0 Å². The number of rotatable bonds is 12. The number of aliphatic hydroxyl groups is 1. The zero-order valence-electron chi connectivity index (χ0n) is 11.0. The van der Waals surface area contributed by atoms with Crippen LogP contribution in [0.1, 0.15) is 25.7 Å². The van der Waals surface area contributed by atoms with Crippen LogP contribution in [0, 0.1) is 0 Å². The van der Waals surface area contributed by atoms with Crippen LogP contribution in [0.3, 0.4) is 0 Å². The molecule has 3 N–H and O–H groups in total. The number of nitrogens with zero attached hydrogens (tertiary/aromatic N) is 1. The highest BCUT2D eigenvalue weighted by Crippen LogP contribution is 2.01. The molecule has 0 fully saturated rings. The lowest BCUT2D eigenvalue weighted by molar-refractivity contribution is 0.194. The van der Waals surface area contributed by atoms with Gasteiger partial charge in [-0.25, -0.2) is 0 Å². The summed E-state index contributed by atoms with van der Waals surface area (Å²) in [5, 5.41) is 15.2. The summed E-state index contributed by atoms with van der Waals surface area (Å²) in [6.07, 6.45) is 5.11. The van der Waals surface area contributed by atoms with E-state index in [1.807, 2.05) is 14.1 Å². The monoisotopic (exact) mass is 231 g/mol. The minimum absolute atomic E-state index is 0.267. The predicted octanol–water partition coefficient (Wildman–Crippen LogP) is 0.280. The first-order chi connectivity index (χ1) is 7.85. The smallest absolute Gasteiger partial charge is 0.0558 e. The molecule has 0 saturated carbocycles. The van der Waals surface area contributed by atoms with E-state index in [2.05, 4.69) is 15.5 Å². The van der Waals surface area contributed by atoms with E-state index in [0.29, 0.717) is 0 Å². The number of unbranched alkanes of at least 4 members (excludes halogenated alkanes) is 3. The Morgan fingerprint density at radius 3 is 2.12 bits per heavy atom. The molecular weight excluding hydrogens is 202 g/mol. The van der Waals surface area contributed by atoms with Crippen LogP contribution in [0.2, 0.25) is 0 Å². The van der Waals surface area contributed by atoms with Crippen LogP contribution in [0.25, 0.3) is 0 Å². The van der Waals surface area contributed by atoms with Crippen LogP contribution in [0.15, 0.2) is 0 Å². The highest BCUT2D eigenvalue weighted by molar-refractivity contribution is 4.59. The third kappa shape index (κ3) is 10.4. The van der Waals surface area contributed by atoms with Gasteiger partial charge in [0.2, 0.25) is 0 Å². The zero-order valence-corrected chi connectivity index (χ0v) is 11.0. The number of aliphatic hydroxyl groups excluding tert-OH is 1. The minimum Gasteiger partial charge on any atom is -0.395 e. The third-order valence-electron chi connectivity index (χ3n) is 2.75. The van der Waals surface area contributed by atoms with Crippen LogP contribution in [0.4, 0.5) is 0 Å². The topological polar surface area (TPSA) is 47.5 Å². The van der Waals surface area contributed by atoms with Gasteiger partial charge in [-0.3, -0.25) is 4.90 Å².